The predicted molar refractivity (Wildman–Crippen MR) is 52.6 cm³/mol. The van der Waals surface area contributed by atoms with Crippen LogP contribution < -0.4 is 17.1 Å². The zero-order valence-electron chi connectivity index (χ0n) is 7.89. The molecule has 2 aromatic heterocycles. The topological polar surface area (TPSA) is 75.0 Å². The molecule has 0 amide bonds. The highest BCUT2D eigenvalue weighted by Gasteiger charge is 2.10. The standard InChI is InChI=1S/C8H10N4O2/c1-10-5-3-4-12(9)6(5)7(13)11(2)8(10)14/h3-4H,9H2,1-2H3. The fourth-order valence-electron chi connectivity index (χ4n) is 1.50. The lowest BCUT2D eigenvalue weighted by Crippen LogP contribution is -2.37. The molecule has 2 N–H and O–H groups in total. The number of fused-ring (bicyclic) bond motifs is 1. The molecule has 0 unspecified atom stereocenters. The fourth-order valence-corrected chi connectivity index (χ4v) is 1.50. The van der Waals surface area contributed by atoms with E-state index in [-0.39, 0.29) is 11.2 Å². The molecule has 0 radical (unpaired) electrons. The lowest BCUT2D eigenvalue weighted by atomic mass is 10.4. The molecule has 0 fully saturated rings. The summed E-state index contributed by atoms with van der Waals surface area (Å²) in [6, 6.07) is 1.64. The van der Waals surface area contributed by atoms with E-state index in [1.807, 2.05) is 0 Å². The van der Waals surface area contributed by atoms with Gasteiger partial charge < -0.3 is 5.84 Å². The number of hydrogen-bond acceptors (Lipinski definition) is 3. The van der Waals surface area contributed by atoms with Gasteiger partial charge in [0.05, 0.1) is 5.52 Å². The molecule has 0 aliphatic heterocycles. The minimum absolute atomic E-state index is 0.328. The number of hydrogen-bond donors (Lipinski definition) is 1. The van der Waals surface area contributed by atoms with E-state index < -0.39 is 0 Å². The van der Waals surface area contributed by atoms with Crippen LogP contribution in [-0.4, -0.2) is 13.8 Å². The van der Waals surface area contributed by atoms with Crippen LogP contribution in [0.4, 0.5) is 0 Å². The molecule has 2 aromatic rings. The second-order valence-corrected chi connectivity index (χ2v) is 3.16. The number of aromatic nitrogens is 3. The van der Waals surface area contributed by atoms with Gasteiger partial charge in [-0.05, 0) is 6.07 Å². The Morgan fingerprint density at radius 2 is 1.86 bits per heavy atom. The maximum atomic E-state index is 11.6. The molecule has 0 spiro atoms. The van der Waals surface area contributed by atoms with Crippen LogP contribution in [0.15, 0.2) is 21.9 Å². The molecule has 0 aromatic carbocycles. The van der Waals surface area contributed by atoms with Crippen LogP contribution >= 0.6 is 0 Å². The van der Waals surface area contributed by atoms with Crippen molar-refractivity contribution in [3.05, 3.63) is 33.1 Å². The Morgan fingerprint density at radius 1 is 1.21 bits per heavy atom. The van der Waals surface area contributed by atoms with Gasteiger partial charge in [-0.25, -0.2) is 4.79 Å². The van der Waals surface area contributed by atoms with E-state index in [0.29, 0.717) is 11.0 Å². The van der Waals surface area contributed by atoms with Gasteiger partial charge in [-0.2, -0.15) is 0 Å². The molecular weight excluding hydrogens is 184 g/mol. The summed E-state index contributed by atoms with van der Waals surface area (Å²) in [5.74, 6) is 5.55. The predicted octanol–water partition coefficient (Wildman–Crippen LogP) is -1.25. The third kappa shape index (κ3) is 0.847. The molecule has 0 aliphatic rings. The number of rotatable bonds is 0. The van der Waals surface area contributed by atoms with Gasteiger partial charge in [0.2, 0.25) is 0 Å². The highest BCUT2D eigenvalue weighted by Crippen LogP contribution is 2.04. The lowest BCUT2D eigenvalue weighted by molar-refractivity contribution is 0.710. The third-order valence-electron chi connectivity index (χ3n) is 2.34. The minimum atomic E-state index is -0.379. The molecule has 0 saturated carbocycles. The minimum Gasteiger partial charge on any atom is -0.339 e. The highest BCUT2D eigenvalue weighted by molar-refractivity contribution is 5.75. The monoisotopic (exact) mass is 194 g/mol. The zero-order chi connectivity index (χ0) is 10.5. The zero-order valence-corrected chi connectivity index (χ0v) is 7.89. The molecule has 0 aliphatic carbocycles. The van der Waals surface area contributed by atoms with E-state index in [9.17, 15) is 9.59 Å². The molecule has 6 heteroatoms. The van der Waals surface area contributed by atoms with Crippen LogP contribution in [0, 0.1) is 0 Å². The van der Waals surface area contributed by atoms with Crippen molar-refractivity contribution in [2.45, 2.75) is 0 Å². The van der Waals surface area contributed by atoms with Gasteiger partial charge in [-0.3, -0.25) is 18.6 Å². The maximum Gasteiger partial charge on any atom is 0.331 e. The van der Waals surface area contributed by atoms with Gasteiger partial charge in [0, 0.05) is 20.3 Å². The first-order valence-corrected chi connectivity index (χ1v) is 4.06. The Balaban J connectivity index is 3.22. The SMILES string of the molecule is Cn1c(=O)c2c(ccn2N)n(C)c1=O. The number of nitrogens with zero attached hydrogens (tertiary/aromatic N) is 3. The number of nitrogens with two attached hydrogens (primary N) is 1. The molecular formula is C8H10N4O2. The van der Waals surface area contributed by atoms with Crippen molar-refractivity contribution >= 4 is 11.0 Å². The Kier molecular flexibility index (Phi) is 1.54. The van der Waals surface area contributed by atoms with E-state index in [0.717, 1.165) is 4.57 Å². The quantitative estimate of drug-likeness (QED) is 0.532. The summed E-state index contributed by atoms with van der Waals surface area (Å²) in [7, 11) is 3.03. The number of aryl methyl sites for hydroxylation is 1. The number of nitrogen functional groups attached to an aromatic ring is 1. The maximum absolute atomic E-state index is 11.6. The summed E-state index contributed by atoms with van der Waals surface area (Å²) < 4.78 is 3.64. The van der Waals surface area contributed by atoms with E-state index in [1.54, 1.807) is 19.3 Å². The smallest absolute Gasteiger partial charge is 0.331 e. The van der Waals surface area contributed by atoms with E-state index >= 15 is 0 Å². The lowest BCUT2D eigenvalue weighted by Gasteiger charge is -2.04. The van der Waals surface area contributed by atoms with Crippen molar-refractivity contribution in [2.75, 3.05) is 5.84 Å². The van der Waals surface area contributed by atoms with Gasteiger partial charge in [0.25, 0.3) is 5.56 Å². The van der Waals surface area contributed by atoms with Gasteiger partial charge in [-0.15, -0.1) is 0 Å². The van der Waals surface area contributed by atoms with E-state index in [1.165, 1.54) is 16.3 Å². The Bertz CT molecular complexity index is 617. The summed E-state index contributed by atoms with van der Waals surface area (Å²) in [5, 5.41) is 0. The summed E-state index contributed by atoms with van der Waals surface area (Å²) in [5.41, 5.74) is 0.138. The van der Waals surface area contributed by atoms with Crippen LogP contribution in [0.2, 0.25) is 0 Å². The first-order valence-electron chi connectivity index (χ1n) is 4.06. The second-order valence-electron chi connectivity index (χ2n) is 3.16. The Labute approximate surface area is 78.8 Å². The highest BCUT2D eigenvalue weighted by atomic mass is 16.2. The summed E-state index contributed by atoms with van der Waals surface area (Å²) in [6.45, 7) is 0. The Morgan fingerprint density at radius 3 is 2.50 bits per heavy atom. The van der Waals surface area contributed by atoms with Crippen LogP contribution in [0.1, 0.15) is 0 Å². The Hall–Kier alpha value is -1.98. The van der Waals surface area contributed by atoms with Crippen molar-refractivity contribution in [1.29, 1.82) is 0 Å². The second kappa shape index (κ2) is 2.50. The average molecular weight is 194 g/mol. The van der Waals surface area contributed by atoms with Crippen molar-refractivity contribution in [3.63, 3.8) is 0 Å². The van der Waals surface area contributed by atoms with Gasteiger partial charge in [-0.1, -0.05) is 0 Å². The molecule has 6 nitrogen and oxygen atoms in total. The van der Waals surface area contributed by atoms with E-state index in [4.69, 9.17) is 5.84 Å². The first-order chi connectivity index (χ1) is 6.54. The molecule has 0 bridgehead atoms. The molecule has 2 heterocycles. The normalized spacial score (nSPS) is 11.0. The van der Waals surface area contributed by atoms with Crippen molar-refractivity contribution in [2.24, 2.45) is 14.1 Å². The van der Waals surface area contributed by atoms with E-state index in [2.05, 4.69) is 0 Å². The van der Waals surface area contributed by atoms with Crippen molar-refractivity contribution in [3.8, 4) is 0 Å². The summed E-state index contributed by atoms with van der Waals surface area (Å²) in [4.78, 5) is 23.1. The van der Waals surface area contributed by atoms with Crippen LogP contribution in [-0.2, 0) is 14.1 Å². The van der Waals surface area contributed by atoms with Crippen LogP contribution in [0.3, 0.4) is 0 Å². The molecule has 2 rings (SSSR count). The molecule has 74 valence electrons. The summed E-state index contributed by atoms with van der Waals surface area (Å²) >= 11 is 0. The molecule has 14 heavy (non-hydrogen) atoms. The van der Waals surface area contributed by atoms with Crippen LogP contribution in [0.25, 0.3) is 11.0 Å². The van der Waals surface area contributed by atoms with Crippen molar-refractivity contribution < 1.29 is 0 Å². The summed E-state index contributed by atoms with van der Waals surface area (Å²) in [6.07, 6.45) is 1.55. The van der Waals surface area contributed by atoms with Crippen LogP contribution in [0.5, 0.6) is 0 Å². The average Bonchev–Trinajstić information content (AvgIpc) is 2.54. The largest absolute Gasteiger partial charge is 0.339 e. The van der Waals surface area contributed by atoms with Gasteiger partial charge in [0.15, 0.2) is 5.52 Å². The van der Waals surface area contributed by atoms with Crippen molar-refractivity contribution in [1.82, 2.24) is 13.8 Å². The van der Waals surface area contributed by atoms with Gasteiger partial charge >= 0.3 is 5.69 Å². The fraction of sp³-hybridized carbons (Fsp3) is 0.250. The van der Waals surface area contributed by atoms with Gasteiger partial charge in [0.1, 0.15) is 0 Å². The third-order valence-corrected chi connectivity index (χ3v) is 2.34. The molecule has 0 saturated heterocycles. The molecule has 0 atom stereocenters. The first kappa shape index (κ1) is 8.61.